The van der Waals surface area contributed by atoms with Gasteiger partial charge in [0, 0.05) is 15.5 Å². The van der Waals surface area contributed by atoms with Crippen molar-refractivity contribution in [3.63, 3.8) is 0 Å². The number of aromatic nitrogens is 1. The molecule has 21 heavy (non-hydrogen) atoms. The van der Waals surface area contributed by atoms with Gasteiger partial charge in [0.2, 0.25) is 0 Å². The fraction of sp³-hybridized carbons (Fsp3) is 0.133. The summed E-state index contributed by atoms with van der Waals surface area (Å²) in [5, 5.41) is 18.1. The molecule has 2 rings (SSSR count). The average molecular weight is 302 g/mol. The largest absolute Gasteiger partial charge is 0.478 e. The first-order valence-corrected chi connectivity index (χ1v) is 6.83. The molecule has 0 saturated carbocycles. The molecule has 0 radical (unpaired) electrons. The van der Waals surface area contributed by atoms with Crippen LogP contribution in [0.1, 0.15) is 27.3 Å². The second-order valence-corrected chi connectivity index (χ2v) is 5.50. The minimum atomic E-state index is -1.32. The molecule has 0 saturated heterocycles. The molecule has 0 fully saturated rings. The quantitative estimate of drug-likeness (QED) is 0.938. The Morgan fingerprint density at radius 3 is 2.71 bits per heavy atom. The van der Waals surface area contributed by atoms with Crippen LogP contribution in [0.4, 0.5) is 4.39 Å². The summed E-state index contributed by atoms with van der Waals surface area (Å²) in [7, 11) is 0. The van der Waals surface area contributed by atoms with Gasteiger partial charge in [-0.25, -0.2) is 9.18 Å². The Morgan fingerprint density at radius 1 is 1.38 bits per heavy atom. The highest BCUT2D eigenvalue weighted by atomic mass is 32.2. The SMILES string of the molecule is Cc1cc(Sc2ccc(F)c(C(=O)O)c2)c(C#N)c(C)n1. The number of carboxylic acids is 1. The van der Waals surface area contributed by atoms with E-state index in [1.807, 2.05) is 6.92 Å². The molecule has 1 N–H and O–H groups in total. The third kappa shape index (κ3) is 3.20. The molecule has 1 aromatic heterocycles. The van der Waals surface area contributed by atoms with Crippen molar-refractivity contribution < 1.29 is 14.3 Å². The summed E-state index contributed by atoms with van der Waals surface area (Å²) in [5.74, 6) is -2.10. The van der Waals surface area contributed by atoms with Crippen molar-refractivity contribution in [1.29, 1.82) is 5.26 Å². The zero-order valence-corrected chi connectivity index (χ0v) is 12.2. The molecular weight excluding hydrogens is 291 g/mol. The van der Waals surface area contributed by atoms with Crippen LogP contribution in [0, 0.1) is 31.0 Å². The maximum atomic E-state index is 13.4. The number of hydrogen-bond donors (Lipinski definition) is 1. The zero-order valence-electron chi connectivity index (χ0n) is 11.3. The van der Waals surface area contributed by atoms with Crippen LogP contribution in [0.25, 0.3) is 0 Å². The number of nitrogens with zero attached hydrogens (tertiary/aromatic N) is 2. The van der Waals surface area contributed by atoms with Gasteiger partial charge < -0.3 is 5.11 Å². The van der Waals surface area contributed by atoms with Crippen LogP contribution < -0.4 is 0 Å². The summed E-state index contributed by atoms with van der Waals surface area (Å²) in [6, 6.07) is 7.69. The molecular formula is C15H11FN2O2S. The van der Waals surface area contributed by atoms with Gasteiger partial charge >= 0.3 is 5.97 Å². The Balaban J connectivity index is 2.46. The van der Waals surface area contributed by atoms with Crippen LogP contribution in [0.2, 0.25) is 0 Å². The number of hydrogen-bond acceptors (Lipinski definition) is 4. The molecule has 0 atom stereocenters. The van der Waals surface area contributed by atoms with E-state index in [-0.39, 0.29) is 5.56 Å². The van der Waals surface area contributed by atoms with Gasteiger partial charge in [-0.2, -0.15) is 5.26 Å². The van der Waals surface area contributed by atoms with Crippen molar-refractivity contribution in [1.82, 2.24) is 4.98 Å². The number of nitriles is 1. The lowest BCUT2D eigenvalue weighted by Gasteiger charge is -2.08. The van der Waals surface area contributed by atoms with Crippen molar-refractivity contribution in [3.05, 3.63) is 52.6 Å². The fourth-order valence-electron chi connectivity index (χ4n) is 1.87. The van der Waals surface area contributed by atoms with Crippen LogP contribution in [-0.4, -0.2) is 16.1 Å². The second-order valence-electron chi connectivity index (χ2n) is 4.38. The second kappa shape index (κ2) is 5.94. The van der Waals surface area contributed by atoms with Crippen LogP contribution >= 0.6 is 11.8 Å². The van der Waals surface area contributed by atoms with Gasteiger partial charge in [0.1, 0.15) is 11.9 Å². The highest BCUT2D eigenvalue weighted by Gasteiger charge is 2.14. The molecule has 4 nitrogen and oxygen atoms in total. The first kappa shape index (κ1) is 15.0. The molecule has 6 heteroatoms. The summed E-state index contributed by atoms with van der Waals surface area (Å²) in [5.41, 5.74) is 1.42. The number of aromatic carboxylic acids is 1. The van der Waals surface area contributed by atoms with E-state index in [1.165, 1.54) is 23.9 Å². The molecule has 0 aliphatic carbocycles. The Bertz CT molecular complexity index is 769. The molecule has 0 bridgehead atoms. The van der Waals surface area contributed by atoms with Crippen molar-refractivity contribution in [3.8, 4) is 6.07 Å². The van der Waals surface area contributed by atoms with Crippen molar-refractivity contribution in [2.45, 2.75) is 23.6 Å². The van der Waals surface area contributed by atoms with E-state index < -0.39 is 11.8 Å². The van der Waals surface area contributed by atoms with Crippen LogP contribution in [0.5, 0.6) is 0 Å². The summed E-state index contributed by atoms with van der Waals surface area (Å²) in [4.78, 5) is 16.4. The van der Waals surface area contributed by atoms with E-state index in [0.717, 1.165) is 11.8 Å². The number of benzene rings is 1. The number of pyridine rings is 1. The van der Waals surface area contributed by atoms with Crippen LogP contribution in [-0.2, 0) is 0 Å². The summed E-state index contributed by atoms with van der Waals surface area (Å²) >= 11 is 1.21. The van der Waals surface area contributed by atoms with E-state index in [9.17, 15) is 14.4 Å². The predicted octanol–water partition coefficient (Wildman–Crippen LogP) is 3.56. The number of halogens is 1. The number of carboxylic acid groups (broad SMARTS) is 1. The molecule has 1 heterocycles. The Kier molecular flexibility index (Phi) is 4.24. The normalized spacial score (nSPS) is 10.2. The van der Waals surface area contributed by atoms with Gasteiger partial charge in [0.15, 0.2) is 0 Å². The topological polar surface area (TPSA) is 74.0 Å². The van der Waals surface area contributed by atoms with Gasteiger partial charge in [0.05, 0.1) is 16.8 Å². The highest BCUT2D eigenvalue weighted by Crippen LogP contribution is 2.32. The van der Waals surface area contributed by atoms with Crippen LogP contribution in [0.3, 0.4) is 0 Å². The van der Waals surface area contributed by atoms with E-state index in [2.05, 4.69) is 11.1 Å². The molecule has 0 unspecified atom stereocenters. The van der Waals surface area contributed by atoms with E-state index in [1.54, 1.807) is 13.0 Å². The lowest BCUT2D eigenvalue weighted by atomic mass is 10.2. The molecule has 2 aromatic rings. The lowest BCUT2D eigenvalue weighted by Crippen LogP contribution is -2.00. The van der Waals surface area contributed by atoms with Crippen LogP contribution in [0.15, 0.2) is 34.1 Å². The summed E-state index contributed by atoms with van der Waals surface area (Å²) < 4.78 is 13.4. The third-order valence-corrected chi connectivity index (χ3v) is 3.83. The van der Waals surface area contributed by atoms with E-state index >= 15 is 0 Å². The highest BCUT2D eigenvalue weighted by molar-refractivity contribution is 7.99. The predicted molar refractivity (Wildman–Crippen MR) is 75.9 cm³/mol. The maximum absolute atomic E-state index is 13.4. The Labute approximate surface area is 125 Å². The minimum Gasteiger partial charge on any atom is -0.478 e. The average Bonchev–Trinajstić information content (AvgIpc) is 2.40. The number of aryl methyl sites for hydroxylation is 2. The third-order valence-electron chi connectivity index (χ3n) is 2.80. The molecule has 0 amide bonds. The Hall–Kier alpha value is -2.39. The fourth-order valence-corrected chi connectivity index (χ4v) is 2.96. The molecule has 0 aliphatic rings. The van der Waals surface area contributed by atoms with Gasteiger partial charge in [-0.1, -0.05) is 11.8 Å². The number of carbonyl (C=O) groups is 1. The maximum Gasteiger partial charge on any atom is 0.338 e. The van der Waals surface area contributed by atoms with E-state index in [4.69, 9.17) is 5.11 Å². The monoisotopic (exact) mass is 302 g/mol. The van der Waals surface area contributed by atoms with Gasteiger partial charge in [-0.15, -0.1) is 0 Å². The summed E-state index contributed by atoms with van der Waals surface area (Å²) in [6.07, 6.45) is 0. The summed E-state index contributed by atoms with van der Waals surface area (Å²) in [6.45, 7) is 3.55. The van der Waals surface area contributed by atoms with Gasteiger partial charge in [-0.05, 0) is 38.1 Å². The van der Waals surface area contributed by atoms with Crippen molar-refractivity contribution >= 4 is 17.7 Å². The minimum absolute atomic E-state index is 0.388. The molecule has 106 valence electrons. The molecule has 0 spiro atoms. The Morgan fingerprint density at radius 2 is 2.10 bits per heavy atom. The molecule has 1 aromatic carbocycles. The molecule has 0 aliphatic heterocycles. The van der Waals surface area contributed by atoms with Crippen molar-refractivity contribution in [2.24, 2.45) is 0 Å². The van der Waals surface area contributed by atoms with Gasteiger partial charge in [0.25, 0.3) is 0 Å². The standard InChI is InChI=1S/C15H11FN2O2S/c1-8-5-14(12(7-17)9(2)18-8)21-10-3-4-13(16)11(6-10)15(19)20/h3-6H,1-2H3,(H,19,20). The van der Waals surface area contributed by atoms with Crippen molar-refractivity contribution in [2.75, 3.05) is 0 Å². The lowest BCUT2D eigenvalue weighted by molar-refractivity contribution is 0.0691. The zero-order chi connectivity index (χ0) is 15.6. The first-order valence-electron chi connectivity index (χ1n) is 6.01. The van der Waals surface area contributed by atoms with E-state index in [0.29, 0.717) is 21.0 Å². The smallest absolute Gasteiger partial charge is 0.338 e. The van der Waals surface area contributed by atoms with Gasteiger partial charge in [-0.3, -0.25) is 4.98 Å². The first-order chi connectivity index (χ1) is 9.92. The number of rotatable bonds is 3.